The van der Waals surface area contributed by atoms with Crippen molar-refractivity contribution < 1.29 is 4.39 Å². The number of pyridine rings is 1. The van der Waals surface area contributed by atoms with E-state index in [1.165, 1.54) is 0 Å². The number of rotatable bonds is 0. The Morgan fingerprint density at radius 3 is 2.77 bits per heavy atom. The highest BCUT2D eigenvalue weighted by Gasteiger charge is 2.07. The molecular weight excluding hydrogens is 167 g/mol. The number of nitrogens with two attached hydrogens (primary N) is 1. The fraction of sp³-hybridized carbons (Fsp3) is 0.100. The van der Waals surface area contributed by atoms with Crippen molar-refractivity contribution >= 4 is 16.6 Å². The monoisotopic (exact) mass is 176 g/mol. The Labute approximate surface area is 75.2 Å². The van der Waals surface area contributed by atoms with E-state index in [-0.39, 0.29) is 5.69 Å². The van der Waals surface area contributed by atoms with Gasteiger partial charge in [-0.25, -0.2) is 4.98 Å². The highest BCUT2D eigenvalue weighted by Crippen LogP contribution is 2.23. The van der Waals surface area contributed by atoms with Crippen molar-refractivity contribution in [2.75, 3.05) is 5.73 Å². The predicted molar refractivity (Wildman–Crippen MR) is 50.9 cm³/mol. The van der Waals surface area contributed by atoms with Crippen molar-refractivity contribution in [2.45, 2.75) is 6.92 Å². The molecule has 2 aromatic rings. The van der Waals surface area contributed by atoms with Crippen molar-refractivity contribution in [2.24, 2.45) is 0 Å². The first kappa shape index (κ1) is 7.98. The van der Waals surface area contributed by atoms with Crippen LogP contribution in [0.25, 0.3) is 10.9 Å². The Kier molecular flexibility index (Phi) is 1.65. The molecule has 3 heteroatoms. The smallest absolute Gasteiger partial charge is 0.236 e. The molecule has 13 heavy (non-hydrogen) atoms. The summed E-state index contributed by atoms with van der Waals surface area (Å²) in [6.45, 7) is 1.79. The van der Waals surface area contributed by atoms with E-state index < -0.39 is 5.95 Å². The van der Waals surface area contributed by atoms with Gasteiger partial charge in [0, 0.05) is 5.39 Å². The van der Waals surface area contributed by atoms with Crippen molar-refractivity contribution in [1.82, 2.24) is 4.98 Å². The number of para-hydroxylation sites is 1. The van der Waals surface area contributed by atoms with Crippen LogP contribution in [-0.4, -0.2) is 4.98 Å². The molecule has 1 heterocycles. The van der Waals surface area contributed by atoms with Crippen LogP contribution in [0.1, 0.15) is 5.56 Å². The molecule has 0 atom stereocenters. The lowest BCUT2D eigenvalue weighted by molar-refractivity contribution is 0.593. The summed E-state index contributed by atoms with van der Waals surface area (Å²) >= 11 is 0. The average molecular weight is 176 g/mol. The van der Waals surface area contributed by atoms with Crippen LogP contribution >= 0.6 is 0 Å². The molecule has 0 bridgehead atoms. The van der Waals surface area contributed by atoms with Crippen LogP contribution in [0, 0.1) is 12.9 Å². The van der Waals surface area contributed by atoms with Gasteiger partial charge in [-0.15, -0.1) is 0 Å². The van der Waals surface area contributed by atoms with Gasteiger partial charge in [0.25, 0.3) is 0 Å². The van der Waals surface area contributed by atoms with E-state index in [0.717, 1.165) is 10.9 Å². The zero-order valence-corrected chi connectivity index (χ0v) is 7.21. The molecule has 0 unspecified atom stereocenters. The minimum absolute atomic E-state index is 0.138. The molecule has 2 nitrogen and oxygen atoms in total. The van der Waals surface area contributed by atoms with Gasteiger partial charge in [-0.2, -0.15) is 4.39 Å². The van der Waals surface area contributed by atoms with Crippen molar-refractivity contribution in [3.8, 4) is 0 Å². The summed E-state index contributed by atoms with van der Waals surface area (Å²) in [5.74, 6) is -0.587. The minimum Gasteiger partial charge on any atom is -0.395 e. The molecule has 0 aliphatic carbocycles. The maximum absolute atomic E-state index is 13.1. The van der Waals surface area contributed by atoms with Crippen molar-refractivity contribution in [3.05, 3.63) is 35.8 Å². The lowest BCUT2D eigenvalue weighted by atomic mass is 10.1. The zero-order valence-electron chi connectivity index (χ0n) is 7.21. The quantitative estimate of drug-likeness (QED) is 0.625. The number of fused-ring (bicyclic) bond motifs is 1. The summed E-state index contributed by atoms with van der Waals surface area (Å²) in [6.07, 6.45) is 0. The Bertz CT molecular complexity index is 466. The van der Waals surface area contributed by atoms with Crippen LogP contribution in [0.3, 0.4) is 0 Å². The number of nitrogens with zero attached hydrogens (tertiary/aromatic N) is 1. The topological polar surface area (TPSA) is 38.9 Å². The Hall–Kier alpha value is -1.64. The van der Waals surface area contributed by atoms with Crippen LogP contribution in [0.5, 0.6) is 0 Å². The second-order valence-corrected chi connectivity index (χ2v) is 2.96. The lowest BCUT2D eigenvalue weighted by Crippen LogP contribution is -1.98. The predicted octanol–water partition coefficient (Wildman–Crippen LogP) is 2.26. The molecule has 66 valence electrons. The van der Waals surface area contributed by atoms with Gasteiger partial charge < -0.3 is 5.73 Å². The number of hydrogen-bond donors (Lipinski definition) is 1. The molecular formula is C10H9FN2. The van der Waals surface area contributed by atoms with Crippen LogP contribution in [0.4, 0.5) is 10.1 Å². The Morgan fingerprint density at radius 2 is 2.00 bits per heavy atom. The van der Waals surface area contributed by atoms with Crippen LogP contribution in [0.2, 0.25) is 0 Å². The van der Waals surface area contributed by atoms with E-state index in [4.69, 9.17) is 5.73 Å². The van der Waals surface area contributed by atoms with Crippen LogP contribution in [-0.2, 0) is 0 Å². The third-order valence-electron chi connectivity index (χ3n) is 2.15. The summed E-state index contributed by atoms with van der Waals surface area (Å²) < 4.78 is 13.1. The van der Waals surface area contributed by atoms with Gasteiger partial charge in [-0.1, -0.05) is 18.2 Å². The third kappa shape index (κ3) is 1.13. The number of aromatic nitrogens is 1. The van der Waals surface area contributed by atoms with Crippen molar-refractivity contribution in [3.63, 3.8) is 0 Å². The largest absolute Gasteiger partial charge is 0.395 e. The minimum atomic E-state index is -0.587. The van der Waals surface area contributed by atoms with Crippen molar-refractivity contribution in [1.29, 1.82) is 0 Å². The molecule has 0 saturated heterocycles. The summed E-state index contributed by atoms with van der Waals surface area (Å²) in [5.41, 5.74) is 7.05. The average Bonchev–Trinajstić information content (AvgIpc) is 2.15. The van der Waals surface area contributed by atoms with Crippen LogP contribution in [0.15, 0.2) is 24.3 Å². The van der Waals surface area contributed by atoms with Crippen LogP contribution < -0.4 is 5.73 Å². The molecule has 2 N–H and O–H groups in total. The number of nitrogen functional groups attached to an aromatic ring is 1. The maximum Gasteiger partial charge on any atom is 0.236 e. The second-order valence-electron chi connectivity index (χ2n) is 2.96. The summed E-state index contributed by atoms with van der Waals surface area (Å²) in [6, 6.07) is 7.36. The van der Waals surface area contributed by atoms with Gasteiger partial charge in [0.05, 0.1) is 11.2 Å². The van der Waals surface area contributed by atoms with Gasteiger partial charge in [0.1, 0.15) is 0 Å². The normalized spacial score (nSPS) is 10.6. The highest BCUT2D eigenvalue weighted by atomic mass is 19.1. The maximum atomic E-state index is 13.1. The van der Waals surface area contributed by atoms with Gasteiger partial charge in [0.15, 0.2) is 0 Å². The van der Waals surface area contributed by atoms with E-state index in [1.807, 2.05) is 18.2 Å². The number of benzene rings is 1. The molecule has 0 amide bonds. The number of anilines is 1. The molecule has 0 spiro atoms. The molecule has 1 aromatic carbocycles. The zero-order chi connectivity index (χ0) is 9.42. The number of aryl methyl sites for hydroxylation is 1. The SMILES string of the molecule is Cc1c(N)c(F)nc2ccccc12. The Morgan fingerprint density at radius 1 is 1.31 bits per heavy atom. The molecule has 2 rings (SSSR count). The fourth-order valence-corrected chi connectivity index (χ4v) is 1.35. The first-order valence-corrected chi connectivity index (χ1v) is 4.00. The molecule has 0 radical (unpaired) electrons. The molecule has 1 aromatic heterocycles. The van der Waals surface area contributed by atoms with Gasteiger partial charge in [-0.3, -0.25) is 0 Å². The van der Waals surface area contributed by atoms with E-state index in [1.54, 1.807) is 13.0 Å². The first-order valence-electron chi connectivity index (χ1n) is 4.00. The fourth-order valence-electron chi connectivity index (χ4n) is 1.35. The summed E-state index contributed by atoms with van der Waals surface area (Å²) in [5, 5.41) is 0.904. The third-order valence-corrected chi connectivity index (χ3v) is 2.15. The number of halogens is 1. The Balaban J connectivity index is 2.94. The summed E-state index contributed by atoms with van der Waals surface area (Å²) in [7, 11) is 0. The second kappa shape index (κ2) is 2.69. The van der Waals surface area contributed by atoms with E-state index in [2.05, 4.69) is 4.98 Å². The van der Waals surface area contributed by atoms with E-state index >= 15 is 0 Å². The van der Waals surface area contributed by atoms with Gasteiger partial charge in [-0.05, 0) is 18.6 Å². The molecule has 0 aliphatic rings. The summed E-state index contributed by atoms with van der Waals surface area (Å²) in [4.78, 5) is 3.74. The van der Waals surface area contributed by atoms with E-state index in [9.17, 15) is 4.39 Å². The highest BCUT2D eigenvalue weighted by molar-refractivity contribution is 5.85. The van der Waals surface area contributed by atoms with E-state index in [0.29, 0.717) is 5.52 Å². The molecule has 0 saturated carbocycles. The van der Waals surface area contributed by atoms with Gasteiger partial charge >= 0.3 is 0 Å². The number of hydrogen-bond acceptors (Lipinski definition) is 2. The van der Waals surface area contributed by atoms with Gasteiger partial charge in [0.2, 0.25) is 5.95 Å². The molecule has 0 aliphatic heterocycles. The lowest BCUT2D eigenvalue weighted by Gasteiger charge is -2.04. The standard InChI is InChI=1S/C10H9FN2/c1-6-7-4-2-3-5-8(7)13-10(11)9(6)12/h2-5H,12H2,1H3. The molecule has 0 fully saturated rings. The first-order chi connectivity index (χ1) is 6.20.